The minimum atomic E-state index is 0.406. The molecule has 0 radical (unpaired) electrons. The zero-order valence-corrected chi connectivity index (χ0v) is 20.0. The summed E-state index contributed by atoms with van der Waals surface area (Å²) in [6, 6.07) is 12.1. The molecule has 0 bridgehead atoms. The van der Waals surface area contributed by atoms with Crippen LogP contribution in [0.2, 0.25) is 0 Å². The molecule has 176 valence electrons. The van der Waals surface area contributed by atoms with Crippen LogP contribution in [0.4, 0.5) is 5.69 Å². The first kappa shape index (κ1) is 23.4. The van der Waals surface area contributed by atoms with Crippen LogP contribution in [0.1, 0.15) is 68.8 Å². The van der Waals surface area contributed by atoms with Crippen molar-refractivity contribution in [2.24, 2.45) is 0 Å². The van der Waals surface area contributed by atoms with Gasteiger partial charge in [-0.05, 0) is 37.2 Å². The molecule has 6 nitrogen and oxygen atoms in total. The van der Waals surface area contributed by atoms with E-state index >= 15 is 0 Å². The maximum Gasteiger partial charge on any atom is 0.170 e. The van der Waals surface area contributed by atoms with Gasteiger partial charge < -0.3 is 4.90 Å². The predicted molar refractivity (Wildman–Crippen MR) is 135 cm³/mol. The van der Waals surface area contributed by atoms with E-state index in [1.165, 1.54) is 63.6 Å². The second-order valence-electron chi connectivity index (χ2n) is 9.14. The highest BCUT2D eigenvalue weighted by Crippen LogP contribution is 2.24. The number of fused-ring (bicyclic) bond motifs is 1. The molecule has 3 aromatic rings. The van der Waals surface area contributed by atoms with E-state index in [1.807, 2.05) is 12.3 Å². The molecular weight excluding hydrogens is 410 g/mol. The van der Waals surface area contributed by atoms with E-state index in [2.05, 4.69) is 51.1 Å². The van der Waals surface area contributed by atoms with Crippen LogP contribution in [-0.4, -0.2) is 58.5 Å². The van der Waals surface area contributed by atoms with Gasteiger partial charge in [0.05, 0.1) is 11.9 Å². The van der Waals surface area contributed by atoms with Gasteiger partial charge in [-0.3, -0.25) is 9.69 Å². The fourth-order valence-electron chi connectivity index (χ4n) is 4.69. The maximum atomic E-state index is 11.1. The molecule has 1 aliphatic heterocycles. The first-order valence-electron chi connectivity index (χ1n) is 12.7. The molecule has 0 spiro atoms. The summed E-state index contributed by atoms with van der Waals surface area (Å²) < 4.78 is 1.74. The number of piperazine rings is 1. The summed E-state index contributed by atoms with van der Waals surface area (Å²) in [4.78, 5) is 20.6. The largest absolute Gasteiger partial charge is 0.369 e. The number of unbranched alkanes of at least 4 members (excludes halogenated alkanes) is 7. The Kier molecular flexibility index (Phi) is 8.47. The van der Waals surface area contributed by atoms with Crippen LogP contribution < -0.4 is 4.90 Å². The highest BCUT2D eigenvalue weighted by Gasteiger charge is 2.17. The third kappa shape index (κ3) is 6.20. The van der Waals surface area contributed by atoms with Crippen molar-refractivity contribution in [3.8, 4) is 11.3 Å². The molecule has 1 saturated heterocycles. The number of nitrogens with zero attached hydrogens (tertiary/aromatic N) is 5. The zero-order valence-electron chi connectivity index (χ0n) is 20.0. The highest BCUT2D eigenvalue weighted by atomic mass is 16.1. The van der Waals surface area contributed by atoms with Crippen molar-refractivity contribution in [3.05, 3.63) is 48.3 Å². The van der Waals surface area contributed by atoms with Crippen LogP contribution in [0.5, 0.6) is 0 Å². The molecule has 0 atom stereocenters. The predicted octanol–water partition coefficient (Wildman–Crippen LogP) is 5.47. The van der Waals surface area contributed by atoms with Crippen molar-refractivity contribution in [1.29, 1.82) is 0 Å². The van der Waals surface area contributed by atoms with E-state index in [0.29, 0.717) is 5.69 Å². The third-order valence-corrected chi connectivity index (χ3v) is 6.73. The molecule has 6 heteroatoms. The summed E-state index contributed by atoms with van der Waals surface area (Å²) in [5.41, 5.74) is 4.36. The smallest absolute Gasteiger partial charge is 0.170 e. The molecule has 0 N–H and O–H groups in total. The number of rotatable bonds is 12. The fourth-order valence-corrected chi connectivity index (χ4v) is 4.69. The number of carbonyl (C=O) groups excluding carboxylic acids is 1. The minimum absolute atomic E-state index is 0.406. The van der Waals surface area contributed by atoms with E-state index in [1.54, 1.807) is 10.6 Å². The molecule has 1 fully saturated rings. The number of imidazole rings is 1. The van der Waals surface area contributed by atoms with Gasteiger partial charge in [0.2, 0.25) is 0 Å². The quantitative estimate of drug-likeness (QED) is 0.272. The first-order valence-corrected chi connectivity index (χ1v) is 12.7. The Labute approximate surface area is 197 Å². The first-order chi connectivity index (χ1) is 16.3. The highest BCUT2D eigenvalue weighted by molar-refractivity contribution is 5.73. The molecule has 1 aliphatic rings. The van der Waals surface area contributed by atoms with Gasteiger partial charge in [-0.1, -0.05) is 64.0 Å². The second-order valence-corrected chi connectivity index (χ2v) is 9.14. The SMILES string of the molecule is CCCCCCCCCCN1CCN(c2ccc(-c3cnc4ccc(C=O)nn34)cc2)CC1. The van der Waals surface area contributed by atoms with Crippen molar-refractivity contribution in [3.63, 3.8) is 0 Å². The van der Waals surface area contributed by atoms with Gasteiger partial charge in [0.1, 0.15) is 5.69 Å². The summed E-state index contributed by atoms with van der Waals surface area (Å²) in [5, 5.41) is 4.37. The number of hydrogen-bond donors (Lipinski definition) is 0. The van der Waals surface area contributed by atoms with Crippen molar-refractivity contribution in [1.82, 2.24) is 19.5 Å². The summed E-state index contributed by atoms with van der Waals surface area (Å²) in [7, 11) is 0. The molecule has 0 aliphatic carbocycles. The van der Waals surface area contributed by atoms with Crippen LogP contribution in [0.15, 0.2) is 42.6 Å². The van der Waals surface area contributed by atoms with E-state index in [-0.39, 0.29) is 0 Å². The lowest BCUT2D eigenvalue weighted by atomic mass is 10.1. The maximum absolute atomic E-state index is 11.1. The van der Waals surface area contributed by atoms with E-state index in [0.717, 1.165) is 49.4 Å². The van der Waals surface area contributed by atoms with Crippen LogP contribution in [0, 0.1) is 0 Å². The molecule has 3 heterocycles. The van der Waals surface area contributed by atoms with Gasteiger partial charge in [-0.2, -0.15) is 5.10 Å². The van der Waals surface area contributed by atoms with Crippen LogP contribution in [-0.2, 0) is 0 Å². The molecule has 2 aromatic heterocycles. The minimum Gasteiger partial charge on any atom is -0.369 e. The van der Waals surface area contributed by atoms with Crippen LogP contribution >= 0.6 is 0 Å². The van der Waals surface area contributed by atoms with Gasteiger partial charge in [0, 0.05) is 37.4 Å². The molecule has 33 heavy (non-hydrogen) atoms. The Morgan fingerprint density at radius 3 is 2.24 bits per heavy atom. The van der Waals surface area contributed by atoms with Gasteiger partial charge in [0.25, 0.3) is 0 Å². The third-order valence-electron chi connectivity index (χ3n) is 6.73. The number of carbonyl (C=O) groups is 1. The molecule has 0 saturated carbocycles. The van der Waals surface area contributed by atoms with E-state index < -0.39 is 0 Å². The summed E-state index contributed by atoms with van der Waals surface area (Å²) in [6.07, 6.45) is 13.7. The topological polar surface area (TPSA) is 53.7 Å². The molecular formula is C27H37N5O. The van der Waals surface area contributed by atoms with Crippen LogP contribution in [0.3, 0.4) is 0 Å². The Hall–Kier alpha value is -2.73. The van der Waals surface area contributed by atoms with Gasteiger partial charge in [0.15, 0.2) is 11.9 Å². The van der Waals surface area contributed by atoms with Gasteiger partial charge in [-0.25, -0.2) is 9.50 Å². The van der Waals surface area contributed by atoms with Crippen LogP contribution in [0.25, 0.3) is 16.9 Å². The Balaban J connectivity index is 1.23. The molecule has 1 aromatic carbocycles. The lowest BCUT2D eigenvalue weighted by Gasteiger charge is -2.36. The summed E-state index contributed by atoms with van der Waals surface area (Å²) in [5.74, 6) is 0. The monoisotopic (exact) mass is 447 g/mol. The molecule has 0 unspecified atom stereocenters. The van der Waals surface area contributed by atoms with E-state index in [9.17, 15) is 4.79 Å². The van der Waals surface area contributed by atoms with E-state index in [4.69, 9.17) is 0 Å². The molecule has 4 rings (SSSR count). The normalized spacial score (nSPS) is 14.8. The van der Waals surface area contributed by atoms with Crippen molar-refractivity contribution in [2.45, 2.75) is 58.3 Å². The zero-order chi connectivity index (χ0) is 22.9. The van der Waals surface area contributed by atoms with Crippen molar-refractivity contribution >= 4 is 17.6 Å². The van der Waals surface area contributed by atoms with Crippen molar-refractivity contribution < 1.29 is 4.79 Å². The van der Waals surface area contributed by atoms with Crippen molar-refractivity contribution in [2.75, 3.05) is 37.6 Å². The summed E-state index contributed by atoms with van der Waals surface area (Å²) >= 11 is 0. The Bertz CT molecular complexity index is 1010. The lowest BCUT2D eigenvalue weighted by molar-refractivity contribution is 0.111. The lowest BCUT2D eigenvalue weighted by Crippen LogP contribution is -2.46. The number of hydrogen-bond acceptors (Lipinski definition) is 5. The Morgan fingerprint density at radius 2 is 1.55 bits per heavy atom. The molecule has 0 amide bonds. The standard InChI is InChI=1S/C27H37N5O/c1-2-3-4-5-6-7-8-9-16-30-17-19-31(20-18-30)25-13-10-23(11-14-25)26-21-28-27-15-12-24(22-33)29-32(26)27/h10-15,21-22H,2-9,16-20H2,1H3. The Morgan fingerprint density at radius 1 is 0.848 bits per heavy atom. The number of anilines is 1. The number of benzene rings is 1. The van der Waals surface area contributed by atoms with Gasteiger partial charge in [-0.15, -0.1) is 0 Å². The average molecular weight is 448 g/mol. The van der Waals surface area contributed by atoms with Gasteiger partial charge >= 0.3 is 0 Å². The number of aromatic nitrogens is 3. The average Bonchev–Trinajstić information content (AvgIpc) is 3.29. The fraction of sp³-hybridized carbons (Fsp3) is 0.519. The second kappa shape index (κ2) is 11.9. The summed E-state index contributed by atoms with van der Waals surface area (Å²) in [6.45, 7) is 7.97. The number of aldehydes is 1.